The van der Waals surface area contributed by atoms with Gasteiger partial charge in [0.25, 0.3) is 0 Å². The average molecular weight is 252 g/mol. The first kappa shape index (κ1) is 11.0. The summed E-state index contributed by atoms with van der Waals surface area (Å²) in [5.74, 6) is 0. The topological polar surface area (TPSA) is 62.7 Å². The second-order valence-corrected chi connectivity index (χ2v) is 4.20. The lowest BCUT2D eigenvalue weighted by Gasteiger charge is -2.09. The van der Waals surface area contributed by atoms with E-state index in [1.54, 1.807) is 6.07 Å². The van der Waals surface area contributed by atoms with Crippen LogP contribution in [0, 0.1) is 18.3 Å². The van der Waals surface area contributed by atoms with E-state index in [4.69, 9.17) is 34.2 Å². The Kier molecular flexibility index (Phi) is 2.63. The van der Waals surface area contributed by atoms with Crippen LogP contribution >= 0.6 is 23.2 Å². The van der Waals surface area contributed by atoms with Crippen LogP contribution in [-0.4, -0.2) is 4.98 Å². The van der Waals surface area contributed by atoms with E-state index in [1.807, 2.05) is 13.0 Å². The van der Waals surface area contributed by atoms with Gasteiger partial charge in [-0.2, -0.15) is 5.26 Å². The monoisotopic (exact) mass is 251 g/mol. The van der Waals surface area contributed by atoms with Gasteiger partial charge in [-0.25, -0.2) is 0 Å². The molecule has 80 valence electrons. The van der Waals surface area contributed by atoms with Crippen LogP contribution in [0.4, 0.5) is 5.69 Å². The summed E-state index contributed by atoms with van der Waals surface area (Å²) in [5.41, 5.74) is 7.82. The number of aryl methyl sites for hydroxylation is 1. The molecule has 5 heteroatoms. The van der Waals surface area contributed by atoms with Gasteiger partial charge in [-0.15, -0.1) is 0 Å². The van der Waals surface area contributed by atoms with Crippen molar-refractivity contribution in [3.63, 3.8) is 0 Å². The Morgan fingerprint density at radius 3 is 2.75 bits per heavy atom. The quantitative estimate of drug-likeness (QED) is 0.782. The number of benzene rings is 1. The van der Waals surface area contributed by atoms with Crippen LogP contribution in [0.5, 0.6) is 0 Å². The summed E-state index contributed by atoms with van der Waals surface area (Å²) in [5, 5.41) is 10.4. The maximum Gasteiger partial charge on any atom is 0.103 e. The van der Waals surface area contributed by atoms with Gasteiger partial charge in [0.2, 0.25) is 0 Å². The molecule has 1 aromatic carbocycles. The first-order valence-electron chi connectivity index (χ1n) is 4.49. The van der Waals surface area contributed by atoms with Crippen molar-refractivity contribution >= 4 is 39.8 Å². The fourth-order valence-electron chi connectivity index (χ4n) is 1.54. The van der Waals surface area contributed by atoms with Gasteiger partial charge < -0.3 is 5.73 Å². The molecular weight excluding hydrogens is 245 g/mol. The lowest BCUT2D eigenvalue weighted by Crippen LogP contribution is -1.96. The third-order valence-electron chi connectivity index (χ3n) is 2.37. The van der Waals surface area contributed by atoms with E-state index in [0.29, 0.717) is 32.2 Å². The predicted molar refractivity (Wildman–Crippen MR) is 65.6 cm³/mol. The van der Waals surface area contributed by atoms with Gasteiger partial charge in [0.15, 0.2) is 0 Å². The molecule has 0 atom stereocenters. The van der Waals surface area contributed by atoms with Crippen molar-refractivity contribution in [3.8, 4) is 6.07 Å². The second-order valence-electron chi connectivity index (χ2n) is 3.41. The number of nitrogens with zero attached hydrogens (tertiary/aromatic N) is 2. The highest BCUT2D eigenvalue weighted by molar-refractivity contribution is 6.41. The number of aromatic nitrogens is 1. The summed E-state index contributed by atoms with van der Waals surface area (Å²) in [4.78, 5) is 4.10. The Hall–Kier alpha value is -1.50. The van der Waals surface area contributed by atoms with Crippen LogP contribution in [0.3, 0.4) is 0 Å². The molecule has 1 aromatic heterocycles. The zero-order valence-corrected chi connectivity index (χ0v) is 9.89. The zero-order chi connectivity index (χ0) is 11.9. The fourth-order valence-corrected chi connectivity index (χ4v) is 2.09. The molecule has 0 unspecified atom stereocenters. The SMILES string of the molecule is Cc1cc(Cl)c2ncc(C#N)c(N)c2c1Cl. The Balaban J connectivity index is 3.04. The lowest BCUT2D eigenvalue weighted by molar-refractivity contribution is 1.36. The smallest absolute Gasteiger partial charge is 0.103 e. The van der Waals surface area contributed by atoms with Crippen molar-refractivity contribution < 1.29 is 0 Å². The molecule has 0 amide bonds. The summed E-state index contributed by atoms with van der Waals surface area (Å²) in [6.45, 7) is 1.83. The molecule has 0 radical (unpaired) electrons. The molecular formula is C11H7Cl2N3. The van der Waals surface area contributed by atoms with E-state index in [0.717, 1.165) is 5.56 Å². The predicted octanol–water partition coefficient (Wildman–Crippen LogP) is 3.30. The minimum Gasteiger partial charge on any atom is -0.397 e. The van der Waals surface area contributed by atoms with Crippen molar-refractivity contribution in [2.45, 2.75) is 6.92 Å². The van der Waals surface area contributed by atoms with Gasteiger partial charge in [-0.05, 0) is 18.6 Å². The van der Waals surface area contributed by atoms with Gasteiger partial charge in [0, 0.05) is 11.6 Å². The number of nitrogens with two attached hydrogens (primary N) is 1. The maximum atomic E-state index is 8.86. The van der Waals surface area contributed by atoms with Crippen molar-refractivity contribution in [2.24, 2.45) is 0 Å². The average Bonchev–Trinajstić information content (AvgIpc) is 2.26. The van der Waals surface area contributed by atoms with Crippen molar-refractivity contribution in [1.29, 1.82) is 5.26 Å². The molecule has 0 spiro atoms. The molecule has 0 bridgehead atoms. The Labute approximate surface area is 102 Å². The molecule has 3 nitrogen and oxygen atoms in total. The Bertz CT molecular complexity index is 629. The van der Waals surface area contributed by atoms with E-state index in [1.165, 1.54) is 6.20 Å². The first-order valence-corrected chi connectivity index (χ1v) is 5.24. The first-order chi connectivity index (χ1) is 7.56. The molecule has 2 rings (SSSR count). The van der Waals surface area contributed by atoms with Gasteiger partial charge in [-0.3, -0.25) is 4.98 Å². The van der Waals surface area contributed by atoms with Crippen molar-refractivity contribution in [1.82, 2.24) is 4.98 Å². The number of fused-ring (bicyclic) bond motifs is 1. The van der Waals surface area contributed by atoms with Crippen LogP contribution in [0.15, 0.2) is 12.3 Å². The molecule has 0 aliphatic carbocycles. The number of pyridine rings is 1. The van der Waals surface area contributed by atoms with Gasteiger partial charge in [-0.1, -0.05) is 23.2 Å². The summed E-state index contributed by atoms with van der Waals surface area (Å²) < 4.78 is 0. The van der Waals surface area contributed by atoms with Crippen LogP contribution in [0.1, 0.15) is 11.1 Å². The van der Waals surface area contributed by atoms with E-state index in [2.05, 4.69) is 4.98 Å². The zero-order valence-electron chi connectivity index (χ0n) is 8.38. The van der Waals surface area contributed by atoms with Crippen LogP contribution in [-0.2, 0) is 0 Å². The molecule has 0 fully saturated rings. The molecule has 2 N–H and O–H groups in total. The highest BCUT2D eigenvalue weighted by Crippen LogP contribution is 2.36. The molecule has 16 heavy (non-hydrogen) atoms. The normalized spacial score (nSPS) is 10.4. The summed E-state index contributed by atoms with van der Waals surface area (Å²) in [7, 11) is 0. The molecule has 0 saturated carbocycles. The standard InChI is InChI=1S/C11H7Cl2N3/c1-5-2-7(12)11-8(9(5)13)10(15)6(3-14)4-16-11/h2,4H,1H3,(H2,15,16). The van der Waals surface area contributed by atoms with Gasteiger partial charge in [0.05, 0.1) is 26.8 Å². The van der Waals surface area contributed by atoms with Gasteiger partial charge in [0.1, 0.15) is 6.07 Å². The molecule has 0 saturated heterocycles. The summed E-state index contributed by atoms with van der Waals surface area (Å²) in [6.07, 6.45) is 1.40. The number of halogens is 2. The minimum absolute atomic E-state index is 0.302. The highest BCUT2D eigenvalue weighted by Gasteiger charge is 2.13. The third kappa shape index (κ3) is 1.47. The molecule has 1 heterocycles. The van der Waals surface area contributed by atoms with Crippen LogP contribution in [0.25, 0.3) is 10.9 Å². The Morgan fingerprint density at radius 2 is 2.12 bits per heavy atom. The number of nitriles is 1. The maximum absolute atomic E-state index is 8.86. The third-order valence-corrected chi connectivity index (χ3v) is 3.15. The highest BCUT2D eigenvalue weighted by atomic mass is 35.5. The number of anilines is 1. The largest absolute Gasteiger partial charge is 0.397 e. The molecule has 0 aliphatic rings. The minimum atomic E-state index is 0.302. The lowest BCUT2D eigenvalue weighted by atomic mass is 10.1. The second kappa shape index (κ2) is 3.82. The van der Waals surface area contributed by atoms with Crippen molar-refractivity contribution in [2.75, 3.05) is 5.73 Å². The van der Waals surface area contributed by atoms with Crippen LogP contribution in [0.2, 0.25) is 10.0 Å². The number of rotatable bonds is 0. The van der Waals surface area contributed by atoms with E-state index >= 15 is 0 Å². The van der Waals surface area contributed by atoms with Gasteiger partial charge >= 0.3 is 0 Å². The summed E-state index contributed by atoms with van der Waals surface area (Å²) in [6, 6.07) is 3.69. The van der Waals surface area contributed by atoms with E-state index < -0.39 is 0 Å². The number of hydrogen-bond acceptors (Lipinski definition) is 3. The number of nitrogen functional groups attached to an aromatic ring is 1. The van der Waals surface area contributed by atoms with E-state index in [-0.39, 0.29) is 0 Å². The fraction of sp³-hybridized carbons (Fsp3) is 0.0909. The van der Waals surface area contributed by atoms with Crippen molar-refractivity contribution in [3.05, 3.63) is 33.4 Å². The molecule has 2 aromatic rings. The summed E-state index contributed by atoms with van der Waals surface area (Å²) >= 11 is 12.2. The Morgan fingerprint density at radius 1 is 1.44 bits per heavy atom. The van der Waals surface area contributed by atoms with E-state index in [9.17, 15) is 0 Å². The molecule has 0 aliphatic heterocycles. The number of hydrogen-bond donors (Lipinski definition) is 1. The van der Waals surface area contributed by atoms with Crippen LogP contribution < -0.4 is 5.73 Å².